The quantitative estimate of drug-likeness (QED) is 0.631. The number of rotatable bonds is 9. The third kappa shape index (κ3) is 6.02. The van der Waals surface area contributed by atoms with E-state index in [9.17, 15) is 9.59 Å². The minimum atomic E-state index is -0.413. The van der Waals surface area contributed by atoms with Crippen molar-refractivity contribution >= 4 is 46.0 Å². The Morgan fingerprint density at radius 3 is 2.77 bits per heavy atom. The normalized spacial score (nSPS) is 18.6. The zero-order valence-corrected chi connectivity index (χ0v) is 16.9. The van der Waals surface area contributed by atoms with Crippen LogP contribution in [0.2, 0.25) is 5.02 Å². The van der Waals surface area contributed by atoms with E-state index in [-0.39, 0.29) is 18.2 Å². The van der Waals surface area contributed by atoms with Crippen molar-refractivity contribution in [3.05, 3.63) is 29.3 Å². The molecule has 2 amide bonds. The molecule has 142 valence electrons. The average molecular weight is 396 g/mol. The smallest absolute Gasteiger partial charge is 0.242 e. The van der Waals surface area contributed by atoms with E-state index in [0.717, 1.165) is 12.8 Å². The lowest BCUT2D eigenvalue weighted by Crippen LogP contribution is -2.34. The van der Waals surface area contributed by atoms with Crippen LogP contribution in [0.25, 0.3) is 0 Å². The first kappa shape index (κ1) is 20.8. The van der Waals surface area contributed by atoms with Gasteiger partial charge in [0.15, 0.2) is 5.17 Å². The Labute approximate surface area is 164 Å². The number of unbranched alkanes of at least 4 members (excludes halogenated alkanes) is 4. The summed E-state index contributed by atoms with van der Waals surface area (Å²) in [5.41, 5.74) is 0.712. The molecule has 0 spiro atoms. The molecule has 0 saturated carbocycles. The van der Waals surface area contributed by atoms with Crippen LogP contribution in [0.1, 0.15) is 45.4 Å². The Bertz CT molecular complexity index is 666. The summed E-state index contributed by atoms with van der Waals surface area (Å²) in [6.07, 6.45) is 5.77. The number of hydrogen-bond donors (Lipinski definition) is 1. The van der Waals surface area contributed by atoms with E-state index in [1.54, 1.807) is 24.1 Å². The van der Waals surface area contributed by atoms with Crippen molar-refractivity contribution in [1.29, 1.82) is 0 Å². The number of hydrogen-bond acceptors (Lipinski definition) is 4. The molecule has 0 bridgehead atoms. The van der Waals surface area contributed by atoms with Crippen LogP contribution in [-0.2, 0) is 9.59 Å². The molecule has 1 atom stereocenters. The van der Waals surface area contributed by atoms with Crippen molar-refractivity contribution < 1.29 is 9.59 Å². The van der Waals surface area contributed by atoms with Crippen molar-refractivity contribution in [3.8, 4) is 0 Å². The number of nitrogens with zero attached hydrogens (tertiary/aromatic N) is 2. The maximum atomic E-state index is 12.8. The number of amidine groups is 1. The number of benzene rings is 1. The van der Waals surface area contributed by atoms with Crippen molar-refractivity contribution in [2.24, 2.45) is 4.99 Å². The van der Waals surface area contributed by atoms with Gasteiger partial charge < -0.3 is 5.32 Å². The van der Waals surface area contributed by atoms with Gasteiger partial charge in [-0.05, 0) is 24.6 Å². The first-order valence-electron chi connectivity index (χ1n) is 9.08. The van der Waals surface area contributed by atoms with Gasteiger partial charge in [-0.2, -0.15) is 0 Å². The van der Waals surface area contributed by atoms with Gasteiger partial charge in [-0.3, -0.25) is 14.5 Å². The highest BCUT2D eigenvalue weighted by molar-refractivity contribution is 8.15. The van der Waals surface area contributed by atoms with Gasteiger partial charge >= 0.3 is 0 Å². The minimum absolute atomic E-state index is 0.0325. The van der Waals surface area contributed by atoms with Gasteiger partial charge in [-0.1, -0.05) is 62.0 Å². The summed E-state index contributed by atoms with van der Waals surface area (Å²) < 4.78 is 0. The fourth-order valence-corrected chi connectivity index (χ4v) is 4.10. The zero-order chi connectivity index (χ0) is 18.9. The molecule has 1 aliphatic heterocycles. The van der Waals surface area contributed by atoms with Crippen LogP contribution < -0.4 is 5.32 Å². The third-order valence-electron chi connectivity index (χ3n) is 4.19. The van der Waals surface area contributed by atoms with Crippen molar-refractivity contribution in [2.45, 2.75) is 50.7 Å². The van der Waals surface area contributed by atoms with E-state index in [1.807, 2.05) is 12.1 Å². The summed E-state index contributed by atoms with van der Waals surface area (Å²) in [4.78, 5) is 30.8. The van der Waals surface area contributed by atoms with Gasteiger partial charge in [0.05, 0.1) is 5.69 Å². The summed E-state index contributed by atoms with van der Waals surface area (Å²) in [5, 5.41) is 3.43. The van der Waals surface area contributed by atoms with E-state index in [0.29, 0.717) is 22.4 Å². The molecule has 1 saturated heterocycles. The molecule has 5 nitrogen and oxygen atoms in total. The van der Waals surface area contributed by atoms with Crippen LogP contribution in [0.15, 0.2) is 29.3 Å². The lowest BCUT2D eigenvalue weighted by Gasteiger charge is -2.16. The van der Waals surface area contributed by atoms with E-state index in [2.05, 4.69) is 17.2 Å². The lowest BCUT2D eigenvalue weighted by molar-refractivity contribution is -0.129. The lowest BCUT2D eigenvalue weighted by atomic mass is 10.1. The average Bonchev–Trinajstić information content (AvgIpc) is 2.90. The molecule has 1 fully saturated rings. The Hall–Kier alpha value is -1.53. The summed E-state index contributed by atoms with van der Waals surface area (Å²) in [6, 6.07) is 7.25. The number of nitrogens with one attached hydrogen (secondary N) is 1. The second-order valence-corrected chi connectivity index (χ2v) is 7.87. The molecule has 1 aliphatic rings. The molecule has 1 N–H and O–H groups in total. The number of thioether (sulfide) groups is 1. The second-order valence-electron chi connectivity index (χ2n) is 6.26. The minimum Gasteiger partial charge on any atom is -0.359 e. The summed E-state index contributed by atoms with van der Waals surface area (Å²) in [5.74, 6) is -0.169. The van der Waals surface area contributed by atoms with Crippen LogP contribution in [0.3, 0.4) is 0 Å². The predicted octanol–water partition coefficient (Wildman–Crippen LogP) is 4.38. The second kappa shape index (κ2) is 10.6. The largest absolute Gasteiger partial charge is 0.359 e. The van der Waals surface area contributed by atoms with E-state index < -0.39 is 5.25 Å². The number of carbonyl (C=O) groups excluding carboxylic acids is 2. The maximum Gasteiger partial charge on any atom is 0.242 e. The molecule has 26 heavy (non-hydrogen) atoms. The van der Waals surface area contributed by atoms with E-state index in [1.165, 1.54) is 31.0 Å². The fraction of sp³-hybridized carbons (Fsp3) is 0.526. The van der Waals surface area contributed by atoms with Gasteiger partial charge in [0, 0.05) is 25.0 Å². The monoisotopic (exact) mass is 395 g/mol. The molecule has 0 aliphatic carbocycles. The Kier molecular flexibility index (Phi) is 8.45. The highest BCUT2D eigenvalue weighted by Crippen LogP contribution is 2.32. The van der Waals surface area contributed by atoms with Crippen LogP contribution in [0, 0.1) is 0 Å². The standard InChI is InChI=1S/C19H26ClN3O2S/c1-3-4-5-6-7-11-23-18(25)16(13-17(24)21-2)26-19(23)22-15-10-8-9-14(20)12-15/h8-10,12,16H,3-7,11,13H2,1-2H3,(H,21,24)/t16-/m0/s1. The Morgan fingerprint density at radius 2 is 2.08 bits per heavy atom. The van der Waals surface area contributed by atoms with Crippen LogP contribution in [-0.4, -0.2) is 40.7 Å². The number of aliphatic imine (C=N–C) groups is 1. The van der Waals surface area contributed by atoms with Gasteiger partial charge in [-0.15, -0.1) is 0 Å². The molecule has 0 aromatic heterocycles. The zero-order valence-electron chi connectivity index (χ0n) is 15.3. The predicted molar refractivity (Wildman–Crippen MR) is 109 cm³/mol. The topological polar surface area (TPSA) is 61.8 Å². The molecule has 7 heteroatoms. The Balaban J connectivity index is 2.12. The van der Waals surface area contributed by atoms with Crippen molar-refractivity contribution in [3.63, 3.8) is 0 Å². The van der Waals surface area contributed by atoms with E-state index in [4.69, 9.17) is 11.6 Å². The van der Waals surface area contributed by atoms with Crippen molar-refractivity contribution in [2.75, 3.05) is 13.6 Å². The first-order chi connectivity index (χ1) is 12.5. The third-order valence-corrected chi connectivity index (χ3v) is 5.60. The molecule has 1 aromatic rings. The number of carbonyl (C=O) groups is 2. The van der Waals surface area contributed by atoms with Gasteiger partial charge in [0.25, 0.3) is 0 Å². The molecular formula is C19H26ClN3O2S. The summed E-state index contributed by atoms with van der Waals surface area (Å²) in [7, 11) is 1.58. The van der Waals surface area contributed by atoms with Gasteiger partial charge in [-0.25, -0.2) is 4.99 Å². The molecule has 1 aromatic carbocycles. The molecule has 0 radical (unpaired) electrons. The SMILES string of the molecule is CCCCCCCN1C(=O)[C@H](CC(=O)NC)SC1=Nc1cccc(Cl)c1. The Morgan fingerprint density at radius 1 is 1.31 bits per heavy atom. The van der Waals surface area contributed by atoms with E-state index >= 15 is 0 Å². The van der Waals surface area contributed by atoms with Crippen molar-refractivity contribution in [1.82, 2.24) is 10.2 Å². The van der Waals surface area contributed by atoms with Crippen LogP contribution >= 0.6 is 23.4 Å². The molecule has 2 rings (SSSR count). The first-order valence-corrected chi connectivity index (χ1v) is 10.3. The van der Waals surface area contributed by atoms with Gasteiger partial charge in [0.2, 0.25) is 11.8 Å². The van der Waals surface area contributed by atoms with Crippen LogP contribution in [0.4, 0.5) is 5.69 Å². The number of halogens is 1. The maximum absolute atomic E-state index is 12.8. The highest BCUT2D eigenvalue weighted by Gasteiger charge is 2.38. The highest BCUT2D eigenvalue weighted by atomic mass is 35.5. The van der Waals surface area contributed by atoms with Gasteiger partial charge in [0.1, 0.15) is 5.25 Å². The summed E-state index contributed by atoms with van der Waals surface area (Å²) >= 11 is 7.40. The number of amides is 2. The summed E-state index contributed by atoms with van der Waals surface area (Å²) in [6.45, 7) is 2.82. The van der Waals surface area contributed by atoms with Crippen LogP contribution in [0.5, 0.6) is 0 Å². The fourth-order valence-electron chi connectivity index (χ4n) is 2.73. The molecule has 0 unspecified atom stereocenters. The molecular weight excluding hydrogens is 370 g/mol. The molecule has 1 heterocycles.